The molecule has 0 spiro atoms. The average molecular weight is 245 g/mol. The van der Waals surface area contributed by atoms with E-state index in [1.165, 1.54) is 57.3 Å². The van der Waals surface area contributed by atoms with Gasteiger partial charge in [-0.1, -0.05) is 12.5 Å². The molecule has 1 aromatic rings. The van der Waals surface area contributed by atoms with Crippen molar-refractivity contribution in [3.63, 3.8) is 0 Å². The van der Waals surface area contributed by atoms with Crippen LogP contribution >= 0.6 is 0 Å². The number of likely N-dealkylation sites (tertiary alicyclic amines) is 1. The zero-order valence-electron chi connectivity index (χ0n) is 11.3. The molecule has 0 N–H and O–H groups in total. The molecule has 0 amide bonds. The fraction of sp³-hybridized carbons (Fsp3) is 0.667. The number of anilines is 1. The van der Waals surface area contributed by atoms with Crippen LogP contribution in [0.3, 0.4) is 0 Å². The molecule has 1 aromatic heterocycles. The van der Waals surface area contributed by atoms with Crippen molar-refractivity contribution < 1.29 is 0 Å². The van der Waals surface area contributed by atoms with Gasteiger partial charge in [0.1, 0.15) is 5.82 Å². The highest BCUT2D eigenvalue weighted by Crippen LogP contribution is 2.30. The molecule has 0 radical (unpaired) electrons. The molecule has 0 unspecified atom stereocenters. The van der Waals surface area contributed by atoms with Crippen LogP contribution in [0.25, 0.3) is 0 Å². The first-order chi connectivity index (χ1) is 8.84. The molecule has 0 aliphatic carbocycles. The van der Waals surface area contributed by atoms with Crippen LogP contribution in [0.4, 0.5) is 5.82 Å². The SMILES string of the molecule is CN1CCCC[C@H]1c1ccc(N2CCCC2)nc1. The summed E-state index contributed by atoms with van der Waals surface area (Å²) in [5.41, 5.74) is 1.39. The van der Waals surface area contributed by atoms with Crippen molar-refractivity contribution in [1.82, 2.24) is 9.88 Å². The summed E-state index contributed by atoms with van der Waals surface area (Å²) in [5, 5.41) is 0. The Labute approximate surface area is 110 Å². The first-order valence-corrected chi connectivity index (χ1v) is 7.26. The molecule has 1 atom stereocenters. The maximum Gasteiger partial charge on any atom is 0.128 e. The zero-order chi connectivity index (χ0) is 12.4. The molecule has 3 heteroatoms. The van der Waals surface area contributed by atoms with Gasteiger partial charge in [-0.2, -0.15) is 0 Å². The van der Waals surface area contributed by atoms with Crippen molar-refractivity contribution in [3.05, 3.63) is 23.9 Å². The summed E-state index contributed by atoms with van der Waals surface area (Å²) in [7, 11) is 2.23. The van der Waals surface area contributed by atoms with E-state index in [2.05, 4.69) is 40.2 Å². The molecule has 2 aliphatic rings. The normalized spacial score (nSPS) is 25.6. The van der Waals surface area contributed by atoms with E-state index in [0.29, 0.717) is 6.04 Å². The van der Waals surface area contributed by atoms with Gasteiger partial charge in [0.05, 0.1) is 0 Å². The van der Waals surface area contributed by atoms with Gasteiger partial charge < -0.3 is 4.90 Å². The Morgan fingerprint density at radius 3 is 2.50 bits per heavy atom. The zero-order valence-corrected chi connectivity index (χ0v) is 11.3. The van der Waals surface area contributed by atoms with E-state index < -0.39 is 0 Å². The van der Waals surface area contributed by atoms with Crippen molar-refractivity contribution in [2.75, 3.05) is 31.6 Å². The molecule has 18 heavy (non-hydrogen) atoms. The van der Waals surface area contributed by atoms with E-state index in [1.54, 1.807) is 0 Å². The number of hydrogen-bond donors (Lipinski definition) is 0. The highest BCUT2D eigenvalue weighted by Gasteiger charge is 2.21. The molecule has 2 fully saturated rings. The highest BCUT2D eigenvalue weighted by atomic mass is 15.2. The van der Waals surface area contributed by atoms with Gasteiger partial charge >= 0.3 is 0 Å². The van der Waals surface area contributed by atoms with Gasteiger partial charge in [0.15, 0.2) is 0 Å². The summed E-state index contributed by atoms with van der Waals surface area (Å²) < 4.78 is 0. The second-order valence-corrected chi connectivity index (χ2v) is 5.64. The maximum absolute atomic E-state index is 4.67. The van der Waals surface area contributed by atoms with Gasteiger partial charge in [-0.15, -0.1) is 0 Å². The Hall–Kier alpha value is -1.09. The third-order valence-corrected chi connectivity index (χ3v) is 4.36. The second kappa shape index (κ2) is 5.27. The van der Waals surface area contributed by atoms with Crippen molar-refractivity contribution >= 4 is 5.82 Å². The number of nitrogens with zero attached hydrogens (tertiary/aromatic N) is 3. The molecular weight excluding hydrogens is 222 g/mol. The minimum absolute atomic E-state index is 0.582. The summed E-state index contributed by atoms with van der Waals surface area (Å²) in [6.45, 7) is 3.57. The molecule has 3 nitrogen and oxygen atoms in total. The molecule has 0 bridgehead atoms. The largest absolute Gasteiger partial charge is 0.357 e. The lowest BCUT2D eigenvalue weighted by Gasteiger charge is -2.32. The van der Waals surface area contributed by atoms with Gasteiger partial charge in [-0.05, 0) is 50.9 Å². The van der Waals surface area contributed by atoms with Crippen LogP contribution in [-0.2, 0) is 0 Å². The van der Waals surface area contributed by atoms with E-state index in [4.69, 9.17) is 0 Å². The first kappa shape index (κ1) is 12.0. The fourth-order valence-electron chi connectivity index (χ4n) is 3.22. The molecular formula is C15H23N3. The standard InChI is InChI=1S/C15H23N3/c1-17-9-3-2-6-14(17)13-7-8-15(16-12-13)18-10-4-5-11-18/h7-8,12,14H,2-6,9-11H2,1H3/t14-/m0/s1. The van der Waals surface area contributed by atoms with E-state index >= 15 is 0 Å². The lowest BCUT2D eigenvalue weighted by molar-refractivity contribution is 0.187. The maximum atomic E-state index is 4.67. The quantitative estimate of drug-likeness (QED) is 0.798. The van der Waals surface area contributed by atoms with Gasteiger partial charge in [0, 0.05) is 25.3 Å². The lowest BCUT2D eigenvalue weighted by atomic mass is 9.97. The van der Waals surface area contributed by atoms with Crippen molar-refractivity contribution in [3.8, 4) is 0 Å². The fourth-order valence-corrected chi connectivity index (χ4v) is 3.22. The van der Waals surface area contributed by atoms with E-state index in [1.807, 2.05) is 0 Å². The summed E-state index contributed by atoms with van der Waals surface area (Å²) >= 11 is 0. The smallest absolute Gasteiger partial charge is 0.128 e. The van der Waals surface area contributed by atoms with Crippen LogP contribution in [0.15, 0.2) is 18.3 Å². The van der Waals surface area contributed by atoms with E-state index in [0.717, 1.165) is 5.82 Å². The summed E-state index contributed by atoms with van der Waals surface area (Å²) in [6, 6.07) is 5.08. The first-order valence-electron chi connectivity index (χ1n) is 7.26. The monoisotopic (exact) mass is 245 g/mol. The van der Waals surface area contributed by atoms with Crippen molar-refractivity contribution in [2.45, 2.75) is 38.1 Å². The van der Waals surface area contributed by atoms with Gasteiger partial charge in [0.2, 0.25) is 0 Å². The molecule has 2 saturated heterocycles. The predicted molar refractivity (Wildman–Crippen MR) is 74.9 cm³/mol. The minimum Gasteiger partial charge on any atom is -0.357 e. The Balaban J connectivity index is 1.73. The van der Waals surface area contributed by atoms with Crippen LogP contribution < -0.4 is 4.90 Å². The number of rotatable bonds is 2. The molecule has 3 rings (SSSR count). The van der Waals surface area contributed by atoms with Gasteiger partial charge in [-0.25, -0.2) is 4.98 Å². The number of aromatic nitrogens is 1. The Morgan fingerprint density at radius 1 is 1.06 bits per heavy atom. The molecule has 0 aromatic carbocycles. The van der Waals surface area contributed by atoms with E-state index in [-0.39, 0.29) is 0 Å². The highest BCUT2D eigenvalue weighted by molar-refractivity contribution is 5.40. The third kappa shape index (κ3) is 2.37. The Bertz CT molecular complexity index is 381. The van der Waals surface area contributed by atoms with Crippen LogP contribution in [0.2, 0.25) is 0 Å². The molecule has 0 saturated carbocycles. The van der Waals surface area contributed by atoms with Crippen LogP contribution in [0.5, 0.6) is 0 Å². The third-order valence-electron chi connectivity index (χ3n) is 4.36. The number of piperidine rings is 1. The van der Waals surface area contributed by atoms with Crippen molar-refractivity contribution in [1.29, 1.82) is 0 Å². The van der Waals surface area contributed by atoms with E-state index in [9.17, 15) is 0 Å². The summed E-state index contributed by atoms with van der Waals surface area (Å²) in [5.74, 6) is 1.16. The number of hydrogen-bond acceptors (Lipinski definition) is 3. The summed E-state index contributed by atoms with van der Waals surface area (Å²) in [6.07, 6.45) is 8.69. The van der Waals surface area contributed by atoms with Crippen LogP contribution in [-0.4, -0.2) is 36.6 Å². The van der Waals surface area contributed by atoms with Gasteiger partial charge in [0.25, 0.3) is 0 Å². The second-order valence-electron chi connectivity index (χ2n) is 5.64. The van der Waals surface area contributed by atoms with Crippen LogP contribution in [0, 0.1) is 0 Å². The number of pyridine rings is 1. The topological polar surface area (TPSA) is 19.4 Å². The van der Waals surface area contributed by atoms with Crippen molar-refractivity contribution in [2.24, 2.45) is 0 Å². The molecule has 2 aliphatic heterocycles. The molecule has 98 valence electrons. The van der Waals surface area contributed by atoms with Gasteiger partial charge in [-0.3, -0.25) is 4.90 Å². The predicted octanol–water partition coefficient (Wildman–Crippen LogP) is 2.84. The summed E-state index contributed by atoms with van der Waals surface area (Å²) in [4.78, 5) is 9.54. The Kier molecular flexibility index (Phi) is 3.50. The Morgan fingerprint density at radius 2 is 1.83 bits per heavy atom. The average Bonchev–Trinajstić information content (AvgIpc) is 2.94. The lowest BCUT2D eigenvalue weighted by Crippen LogP contribution is -2.29. The van der Waals surface area contributed by atoms with Crippen LogP contribution in [0.1, 0.15) is 43.7 Å². The molecule has 3 heterocycles. The minimum atomic E-state index is 0.582.